The summed E-state index contributed by atoms with van der Waals surface area (Å²) >= 11 is 1.40. The maximum Gasteiger partial charge on any atom is 0.238 e. The molecule has 200 valence electrons. The number of furan rings is 1. The number of benzene rings is 1. The van der Waals surface area contributed by atoms with E-state index in [1.165, 1.54) is 23.5 Å². The minimum absolute atomic E-state index is 0.0447. The highest BCUT2D eigenvalue weighted by Gasteiger charge is 2.21. The fourth-order valence-electron chi connectivity index (χ4n) is 4.27. The average molecular weight is 557 g/mol. The van der Waals surface area contributed by atoms with Gasteiger partial charge in [0.1, 0.15) is 5.52 Å². The van der Waals surface area contributed by atoms with Crippen molar-refractivity contribution in [3.8, 4) is 10.8 Å². The molecule has 0 atom stereocenters. The third-order valence-corrected chi connectivity index (χ3v) is 8.28. The molecule has 6 N–H and O–H groups in total. The molecule has 14 heteroatoms. The van der Waals surface area contributed by atoms with Crippen LogP contribution in [0.1, 0.15) is 18.4 Å². The Balaban J connectivity index is 1.06. The van der Waals surface area contributed by atoms with Crippen LogP contribution in [-0.2, 0) is 21.4 Å². The van der Waals surface area contributed by atoms with Crippen molar-refractivity contribution < 1.29 is 17.6 Å². The van der Waals surface area contributed by atoms with Crippen LogP contribution in [-0.4, -0.2) is 60.4 Å². The van der Waals surface area contributed by atoms with Gasteiger partial charge in [0.15, 0.2) is 21.4 Å². The maximum absolute atomic E-state index is 12.4. The number of piperidine rings is 1. The van der Waals surface area contributed by atoms with Gasteiger partial charge in [-0.25, -0.2) is 23.5 Å². The molecular weight excluding hydrogens is 528 g/mol. The summed E-state index contributed by atoms with van der Waals surface area (Å²) in [5, 5.41) is 12.0. The van der Waals surface area contributed by atoms with Gasteiger partial charge in [0.2, 0.25) is 21.9 Å². The molecule has 1 aliphatic rings. The van der Waals surface area contributed by atoms with Gasteiger partial charge in [0.05, 0.1) is 17.7 Å². The molecule has 4 aromatic rings. The lowest BCUT2D eigenvalue weighted by molar-refractivity contribution is -0.122. The molecule has 3 aromatic heterocycles. The molecule has 1 saturated heterocycles. The lowest BCUT2D eigenvalue weighted by atomic mass is 9.97. The zero-order valence-electron chi connectivity index (χ0n) is 20.5. The van der Waals surface area contributed by atoms with E-state index in [1.807, 2.05) is 12.1 Å². The van der Waals surface area contributed by atoms with Gasteiger partial charge in [-0.05, 0) is 61.7 Å². The summed E-state index contributed by atoms with van der Waals surface area (Å²) in [7, 11) is -3.73. The van der Waals surface area contributed by atoms with Crippen molar-refractivity contribution >= 4 is 49.4 Å². The monoisotopic (exact) mass is 556 g/mol. The highest BCUT2D eigenvalue weighted by atomic mass is 32.2. The second-order valence-electron chi connectivity index (χ2n) is 9.15. The zero-order valence-corrected chi connectivity index (χ0v) is 22.1. The molecule has 4 heterocycles. The van der Waals surface area contributed by atoms with E-state index in [4.69, 9.17) is 15.3 Å². The van der Waals surface area contributed by atoms with Gasteiger partial charge in [-0.15, -0.1) is 0 Å². The van der Waals surface area contributed by atoms with Gasteiger partial charge in [-0.1, -0.05) is 23.5 Å². The Kier molecular flexibility index (Phi) is 7.56. The molecule has 0 unspecified atom stereocenters. The number of hydrogen-bond donors (Lipinski definition) is 4. The number of anilines is 2. The molecule has 0 spiro atoms. The van der Waals surface area contributed by atoms with E-state index in [0.29, 0.717) is 58.4 Å². The number of nitrogen functional groups attached to an aromatic ring is 1. The molecular formula is C24H28N8O4S2. The van der Waals surface area contributed by atoms with Gasteiger partial charge in [0.25, 0.3) is 0 Å². The molecule has 1 aliphatic heterocycles. The highest BCUT2D eigenvalue weighted by Crippen LogP contribution is 2.32. The molecule has 0 radical (unpaired) electrons. The van der Waals surface area contributed by atoms with Crippen molar-refractivity contribution in [3.63, 3.8) is 0 Å². The number of amides is 1. The maximum atomic E-state index is 12.4. The first-order valence-corrected chi connectivity index (χ1v) is 14.4. The van der Waals surface area contributed by atoms with Gasteiger partial charge in [0, 0.05) is 13.1 Å². The van der Waals surface area contributed by atoms with E-state index < -0.39 is 10.0 Å². The minimum atomic E-state index is -3.73. The molecule has 0 aliphatic carbocycles. The topological polar surface area (TPSA) is 182 Å². The summed E-state index contributed by atoms with van der Waals surface area (Å²) in [6.45, 7) is 2.97. The third-order valence-electron chi connectivity index (χ3n) is 6.38. The smallest absolute Gasteiger partial charge is 0.238 e. The normalized spacial score (nSPS) is 15.1. The van der Waals surface area contributed by atoms with E-state index in [2.05, 4.69) is 30.5 Å². The van der Waals surface area contributed by atoms with Crippen LogP contribution in [0.2, 0.25) is 0 Å². The lowest BCUT2D eigenvalue weighted by Gasteiger charge is -2.31. The number of fused-ring (bicyclic) bond motifs is 1. The predicted octanol–water partition coefficient (Wildman–Crippen LogP) is 2.02. The SMILES string of the molecule is Nc1nc(NCC2CCN(CC(=O)NCc3ccc(S(N)(=O)=O)cc3)CC2)nc2sc(-c3ccco3)nc12. The lowest BCUT2D eigenvalue weighted by Crippen LogP contribution is -2.42. The number of thiazole rings is 1. The first kappa shape index (κ1) is 26.0. The standard InChI is InChI=1S/C24H28N8O4S2/c25-21-20-23(37-22(29-20)18-2-1-11-36-18)31-24(30-21)28-13-16-7-9-32(10-8-16)14-19(33)27-12-15-3-5-17(6-4-15)38(26,34)35/h1-6,11,16H,7-10,12-14H2,(H,27,33)(H2,26,34,35)(H3,25,28,30,31). The Morgan fingerprint density at radius 1 is 1.13 bits per heavy atom. The van der Waals surface area contributed by atoms with E-state index in [0.717, 1.165) is 31.5 Å². The van der Waals surface area contributed by atoms with E-state index in [1.54, 1.807) is 18.4 Å². The molecule has 0 bridgehead atoms. The summed E-state index contributed by atoms with van der Waals surface area (Å²) < 4.78 is 28.1. The first-order chi connectivity index (χ1) is 18.2. The van der Waals surface area contributed by atoms with Crippen molar-refractivity contribution in [2.24, 2.45) is 11.1 Å². The summed E-state index contributed by atoms with van der Waals surface area (Å²) in [6, 6.07) is 9.79. The van der Waals surface area contributed by atoms with Gasteiger partial charge < -0.3 is 20.8 Å². The van der Waals surface area contributed by atoms with Crippen LogP contribution < -0.4 is 21.5 Å². The number of carbonyl (C=O) groups excluding carboxylic acids is 1. The van der Waals surface area contributed by atoms with Crippen molar-refractivity contribution in [2.45, 2.75) is 24.3 Å². The fourth-order valence-corrected chi connectivity index (χ4v) is 5.70. The summed E-state index contributed by atoms with van der Waals surface area (Å²) in [6.07, 6.45) is 3.48. The van der Waals surface area contributed by atoms with Gasteiger partial charge in [-0.2, -0.15) is 4.98 Å². The van der Waals surface area contributed by atoms with Crippen LogP contribution in [0, 0.1) is 5.92 Å². The second kappa shape index (κ2) is 11.0. The molecule has 1 fully saturated rings. The minimum Gasteiger partial charge on any atom is -0.462 e. The van der Waals surface area contributed by atoms with Crippen LogP contribution in [0.4, 0.5) is 11.8 Å². The molecule has 38 heavy (non-hydrogen) atoms. The van der Waals surface area contributed by atoms with Crippen molar-refractivity contribution in [1.29, 1.82) is 0 Å². The van der Waals surface area contributed by atoms with Gasteiger partial charge in [-0.3, -0.25) is 9.69 Å². The third kappa shape index (κ3) is 6.27. The van der Waals surface area contributed by atoms with E-state index >= 15 is 0 Å². The first-order valence-electron chi connectivity index (χ1n) is 12.1. The number of hydrogen-bond acceptors (Lipinski definition) is 11. The molecule has 0 saturated carbocycles. The van der Waals surface area contributed by atoms with E-state index in [-0.39, 0.29) is 10.8 Å². The average Bonchev–Trinajstić information content (AvgIpc) is 3.57. The number of nitrogens with zero attached hydrogens (tertiary/aromatic N) is 4. The number of carbonyl (C=O) groups is 1. The highest BCUT2D eigenvalue weighted by molar-refractivity contribution is 7.89. The predicted molar refractivity (Wildman–Crippen MR) is 145 cm³/mol. The van der Waals surface area contributed by atoms with Crippen LogP contribution in [0.25, 0.3) is 21.1 Å². The number of nitrogens with one attached hydrogen (secondary N) is 2. The number of primary sulfonamides is 1. The summed E-state index contributed by atoms with van der Waals surface area (Å²) in [4.78, 5) is 28.7. The van der Waals surface area contributed by atoms with Crippen LogP contribution >= 0.6 is 11.3 Å². The summed E-state index contributed by atoms with van der Waals surface area (Å²) in [5.41, 5.74) is 7.50. The number of nitrogens with two attached hydrogens (primary N) is 2. The fraction of sp³-hybridized carbons (Fsp3) is 0.333. The Labute approximate surface area is 223 Å². The second-order valence-corrected chi connectivity index (χ2v) is 11.7. The zero-order chi connectivity index (χ0) is 26.7. The van der Waals surface area contributed by atoms with Crippen molar-refractivity contribution in [2.75, 3.05) is 37.2 Å². The van der Waals surface area contributed by atoms with Crippen molar-refractivity contribution in [1.82, 2.24) is 25.2 Å². The van der Waals surface area contributed by atoms with Crippen LogP contribution in [0.3, 0.4) is 0 Å². The number of aromatic nitrogens is 3. The number of likely N-dealkylation sites (tertiary alicyclic amines) is 1. The van der Waals surface area contributed by atoms with Crippen LogP contribution in [0.5, 0.6) is 0 Å². The number of sulfonamides is 1. The Hall–Kier alpha value is -3.59. The number of rotatable bonds is 9. The van der Waals surface area contributed by atoms with Gasteiger partial charge >= 0.3 is 0 Å². The molecule has 12 nitrogen and oxygen atoms in total. The largest absolute Gasteiger partial charge is 0.462 e. The molecule has 1 amide bonds. The van der Waals surface area contributed by atoms with Crippen molar-refractivity contribution in [3.05, 3.63) is 48.2 Å². The Morgan fingerprint density at radius 3 is 2.58 bits per heavy atom. The summed E-state index contributed by atoms with van der Waals surface area (Å²) in [5.74, 6) is 1.82. The molecule has 5 rings (SSSR count). The molecule has 1 aromatic carbocycles. The van der Waals surface area contributed by atoms with Crippen LogP contribution in [0.15, 0.2) is 52.0 Å². The Bertz CT molecular complexity index is 1510. The Morgan fingerprint density at radius 2 is 1.89 bits per heavy atom. The van der Waals surface area contributed by atoms with E-state index in [9.17, 15) is 13.2 Å². The quantitative estimate of drug-likeness (QED) is 0.238.